The summed E-state index contributed by atoms with van der Waals surface area (Å²) >= 11 is 0. The molecule has 2 aliphatic carbocycles. The number of hydrogen-bond donors (Lipinski definition) is 0. The first-order chi connectivity index (χ1) is 19.6. The highest BCUT2D eigenvalue weighted by atomic mass is 32.2. The van der Waals surface area contributed by atoms with Crippen LogP contribution in [0.5, 0.6) is 5.75 Å². The van der Waals surface area contributed by atoms with Crippen molar-refractivity contribution in [2.45, 2.75) is 10.9 Å². The van der Waals surface area contributed by atoms with E-state index in [4.69, 9.17) is 0 Å². The Morgan fingerprint density at radius 1 is 0.610 bits per heavy atom. The quantitative estimate of drug-likeness (QED) is 0.124. The van der Waals surface area contributed by atoms with Gasteiger partial charge in [0.15, 0.2) is 0 Å². The number of fused-ring (bicyclic) bond motifs is 10. The second-order valence-corrected chi connectivity index (χ2v) is 11.6. The van der Waals surface area contributed by atoms with E-state index in [0.29, 0.717) is 11.1 Å². The van der Waals surface area contributed by atoms with E-state index in [1.165, 1.54) is 12.1 Å². The van der Waals surface area contributed by atoms with Crippen LogP contribution in [0.1, 0.15) is 32.6 Å². The van der Waals surface area contributed by atoms with E-state index in [-0.39, 0.29) is 0 Å². The zero-order chi connectivity index (χ0) is 28.6. The van der Waals surface area contributed by atoms with Crippen molar-refractivity contribution in [2.24, 2.45) is 0 Å². The predicted molar refractivity (Wildman–Crippen MR) is 149 cm³/mol. The van der Waals surface area contributed by atoms with Crippen molar-refractivity contribution in [1.29, 1.82) is 0 Å². The molecule has 0 fully saturated rings. The van der Waals surface area contributed by atoms with Crippen molar-refractivity contribution in [3.05, 3.63) is 137 Å². The first-order valence-electron chi connectivity index (χ1n) is 12.7. The molecule has 202 valence electrons. The summed E-state index contributed by atoms with van der Waals surface area (Å²) in [5.41, 5.74) is 2.88. The lowest BCUT2D eigenvalue weighted by Gasteiger charge is -2.31. The van der Waals surface area contributed by atoms with Crippen LogP contribution in [0.25, 0.3) is 33.4 Å². The topological polar surface area (TPSA) is 60.4 Å². The molecule has 0 radical (unpaired) electrons. The highest BCUT2D eigenvalue weighted by molar-refractivity contribution is 7.88. The molecule has 0 saturated heterocycles. The Balaban J connectivity index is 1.52. The second kappa shape index (κ2) is 8.65. The van der Waals surface area contributed by atoms with Crippen LogP contribution in [0.2, 0.25) is 0 Å². The summed E-state index contributed by atoms with van der Waals surface area (Å²) in [5.74, 6) is -0.417. The molecule has 0 aliphatic heterocycles. The van der Waals surface area contributed by atoms with Crippen molar-refractivity contribution < 1.29 is 30.6 Å². The van der Waals surface area contributed by atoms with Gasteiger partial charge in [-0.3, -0.25) is 4.79 Å². The maximum Gasteiger partial charge on any atom is 0.534 e. The molecular formula is C33H19F3O4S. The van der Waals surface area contributed by atoms with Crippen molar-refractivity contribution in [1.82, 2.24) is 0 Å². The number of aldehydes is 1. The summed E-state index contributed by atoms with van der Waals surface area (Å²) < 4.78 is 68.1. The average molecular weight is 569 g/mol. The van der Waals surface area contributed by atoms with E-state index in [1.54, 1.807) is 18.2 Å². The fourth-order valence-corrected chi connectivity index (χ4v) is 6.73. The van der Waals surface area contributed by atoms with Crippen LogP contribution in [0, 0.1) is 0 Å². The SMILES string of the molecule is O=Cc1ccc(-c2ccc3c(c2)C2(c4ccccc4-c4ccc(OS(=O)(=O)C(F)(F)F)cc42)c2ccccc2-3)cc1. The first kappa shape index (κ1) is 25.3. The van der Waals surface area contributed by atoms with Gasteiger partial charge in [0.1, 0.15) is 12.0 Å². The number of alkyl halides is 3. The zero-order valence-corrected chi connectivity index (χ0v) is 22.0. The molecule has 0 amide bonds. The fraction of sp³-hybridized carbons (Fsp3) is 0.0606. The number of rotatable bonds is 4. The summed E-state index contributed by atoms with van der Waals surface area (Å²) in [6.45, 7) is 0. The number of hydrogen-bond acceptors (Lipinski definition) is 4. The van der Waals surface area contributed by atoms with Gasteiger partial charge in [-0.25, -0.2) is 0 Å². The van der Waals surface area contributed by atoms with E-state index >= 15 is 0 Å². The highest BCUT2D eigenvalue weighted by Gasteiger charge is 2.53. The van der Waals surface area contributed by atoms with Crippen LogP contribution in [0.4, 0.5) is 13.2 Å². The molecule has 41 heavy (non-hydrogen) atoms. The van der Waals surface area contributed by atoms with Gasteiger partial charge >= 0.3 is 15.6 Å². The van der Waals surface area contributed by atoms with Crippen molar-refractivity contribution in [2.75, 3.05) is 0 Å². The number of halogens is 3. The molecule has 8 heteroatoms. The van der Waals surface area contributed by atoms with Gasteiger partial charge in [-0.05, 0) is 73.8 Å². The molecule has 5 aromatic carbocycles. The van der Waals surface area contributed by atoms with Gasteiger partial charge in [-0.2, -0.15) is 21.6 Å². The van der Waals surface area contributed by atoms with E-state index in [2.05, 4.69) is 10.2 Å². The maximum absolute atomic E-state index is 13.2. The summed E-state index contributed by atoms with van der Waals surface area (Å²) in [7, 11) is -5.87. The smallest absolute Gasteiger partial charge is 0.376 e. The Kier molecular flexibility index (Phi) is 5.34. The first-order valence-corrected chi connectivity index (χ1v) is 14.1. The summed E-state index contributed by atoms with van der Waals surface area (Å²) in [4.78, 5) is 11.2. The monoisotopic (exact) mass is 568 g/mol. The molecule has 1 unspecified atom stereocenters. The molecule has 5 aromatic rings. The van der Waals surface area contributed by atoms with Gasteiger partial charge < -0.3 is 4.18 Å². The van der Waals surface area contributed by atoms with E-state index in [1.807, 2.05) is 72.8 Å². The zero-order valence-electron chi connectivity index (χ0n) is 21.1. The molecule has 0 bridgehead atoms. The molecule has 7 rings (SSSR count). The van der Waals surface area contributed by atoms with Crippen LogP contribution < -0.4 is 4.18 Å². The Labute approximate surface area is 233 Å². The Morgan fingerprint density at radius 3 is 1.71 bits per heavy atom. The lowest BCUT2D eigenvalue weighted by molar-refractivity contribution is -0.0500. The molecule has 0 N–H and O–H groups in total. The van der Waals surface area contributed by atoms with Gasteiger partial charge in [0.2, 0.25) is 0 Å². The summed E-state index contributed by atoms with van der Waals surface area (Å²) in [6, 6.07) is 33.2. The molecular weight excluding hydrogens is 549 g/mol. The van der Waals surface area contributed by atoms with Gasteiger partial charge in [0.05, 0.1) is 5.41 Å². The minimum Gasteiger partial charge on any atom is -0.376 e. The Morgan fingerprint density at radius 2 is 1.12 bits per heavy atom. The third kappa shape index (κ3) is 3.53. The molecule has 0 aromatic heterocycles. The number of benzene rings is 5. The van der Waals surface area contributed by atoms with Crippen molar-refractivity contribution >= 4 is 16.4 Å². The fourth-order valence-electron chi connectivity index (χ4n) is 6.28. The number of carbonyl (C=O) groups is 1. The van der Waals surface area contributed by atoms with Crippen LogP contribution in [-0.2, 0) is 15.5 Å². The number of carbonyl (C=O) groups excluding carboxylic acids is 1. The van der Waals surface area contributed by atoms with Crippen LogP contribution in [0.3, 0.4) is 0 Å². The molecule has 1 spiro atoms. The third-order valence-corrected chi connectivity index (χ3v) is 8.91. The maximum atomic E-state index is 13.2. The molecule has 1 atom stereocenters. The molecule has 4 nitrogen and oxygen atoms in total. The average Bonchev–Trinajstić information content (AvgIpc) is 3.43. The van der Waals surface area contributed by atoms with Crippen LogP contribution in [-0.4, -0.2) is 20.2 Å². The minimum absolute atomic E-state index is 0.417. The molecule has 0 saturated carbocycles. The van der Waals surface area contributed by atoms with Gasteiger partial charge in [-0.1, -0.05) is 91.0 Å². The summed E-state index contributed by atoms with van der Waals surface area (Å²) in [5, 5.41) is 0. The Hall–Kier alpha value is -4.69. The minimum atomic E-state index is -5.87. The van der Waals surface area contributed by atoms with E-state index in [9.17, 15) is 26.4 Å². The van der Waals surface area contributed by atoms with E-state index in [0.717, 1.165) is 56.4 Å². The predicted octanol–water partition coefficient (Wildman–Crippen LogP) is 7.74. The molecule has 2 aliphatic rings. The Bertz CT molecular complexity index is 1980. The van der Waals surface area contributed by atoms with Crippen molar-refractivity contribution in [3.63, 3.8) is 0 Å². The van der Waals surface area contributed by atoms with Gasteiger partial charge in [-0.15, -0.1) is 0 Å². The standard InChI is InChI=1S/C33H19F3O4S/c34-33(35,36)41(38,39)40-23-14-16-27-25-6-2-4-8-29(25)32(31(27)18-23)28-7-3-1-5-24(28)26-15-13-22(17-30(26)32)21-11-9-20(19-37)10-12-21/h1-19H. The largest absolute Gasteiger partial charge is 0.534 e. The van der Waals surface area contributed by atoms with E-state index < -0.39 is 26.8 Å². The van der Waals surface area contributed by atoms with Gasteiger partial charge in [0, 0.05) is 5.56 Å². The van der Waals surface area contributed by atoms with Crippen molar-refractivity contribution in [3.8, 4) is 39.1 Å². The highest BCUT2D eigenvalue weighted by Crippen LogP contribution is 2.63. The lowest BCUT2D eigenvalue weighted by Crippen LogP contribution is -2.28. The normalized spacial score (nSPS) is 16.6. The van der Waals surface area contributed by atoms with Crippen LogP contribution >= 0.6 is 0 Å². The van der Waals surface area contributed by atoms with Crippen LogP contribution in [0.15, 0.2) is 109 Å². The summed E-state index contributed by atoms with van der Waals surface area (Å²) in [6.07, 6.45) is 0.781. The third-order valence-electron chi connectivity index (χ3n) is 7.93. The second-order valence-electron chi connectivity index (χ2n) is 10.0. The lowest BCUT2D eigenvalue weighted by atomic mass is 9.70. The molecule has 0 heterocycles. The van der Waals surface area contributed by atoms with Gasteiger partial charge in [0.25, 0.3) is 0 Å².